The largest absolute Gasteiger partial charge is 0.326 e. The SMILES string of the molecule is CC(=O)Nc1ccc(C2NC(C)CCS2)cc1. The summed E-state index contributed by atoms with van der Waals surface area (Å²) < 4.78 is 0. The van der Waals surface area contributed by atoms with Crippen LogP contribution in [0.5, 0.6) is 0 Å². The molecule has 3 nitrogen and oxygen atoms in total. The standard InChI is InChI=1S/C13H18N2OS/c1-9-7-8-17-13(14-9)11-3-5-12(6-4-11)15-10(2)16/h3-6,9,13-14H,7-8H2,1-2H3,(H,15,16). The minimum atomic E-state index is -0.0310. The van der Waals surface area contributed by atoms with Crippen molar-refractivity contribution in [3.63, 3.8) is 0 Å². The molecule has 0 aromatic heterocycles. The van der Waals surface area contributed by atoms with Crippen LogP contribution in [0.25, 0.3) is 0 Å². The number of carbonyl (C=O) groups excluding carboxylic acids is 1. The van der Waals surface area contributed by atoms with Gasteiger partial charge in [-0.15, -0.1) is 11.8 Å². The van der Waals surface area contributed by atoms with Gasteiger partial charge in [0.15, 0.2) is 0 Å². The Morgan fingerprint density at radius 1 is 1.41 bits per heavy atom. The fourth-order valence-electron chi connectivity index (χ4n) is 1.89. The maximum absolute atomic E-state index is 10.9. The molecule has 1 saturated heterocycles. The molecule has 0 aliphatic carbocycles. The van der Waals surface area contributed by atoms with Crippen LogP contribution in [-0.2, 0) is 4.79 Å². The molecule has 0 radical (unpaired) electrons. The van der Waals surface area contributed by atoms with Gasteiger partial charge < -0.3 is 5.32 Å². The minimum Gasteiger partial charge on any atom is -0.326 e. The Morgan fingerprint density at radius 2 is 2.12 bits per heavy atom. The smallest absolute Gasteiger partial charge is 0.221 e. The van der Waals surface area contributed by atoms with Crippen molar-refractivity contribution in [3.8, 4) is 0 Å². The molecule has 0 bridgehead atoms. The molecule has 2 N–H and O–H groups in total. The third-order valence-electron chi connectivity index (χ3n) is 2.81. The molecule has 92 valence electrons. The lowest BCUT2D eigenvalue weighted by Gasteiger charge is -2.28. The van der Waals surface area contributed by atoms with Crippen molar-refractivity contribution in [1.29, 1.82) is 0 Å². The Labute approximate surface area is 106 Å². The molecule has 4 heteroatoms. The number of thioether (sulfide) groups is 1. The third kappa shape index (κ3) is 3.48. The van der Waals surface area contributed by atoms with Gasteiger partial charge in [0.1, 0.15) is 0 Å². The second-order valence-electron chi connectivity index (χ2n) is 4.41. The summed E-state index contributed by atoms with van der Waals surface area (Å²) in [7, 11) is 0. The van der Waals surface area contributed by atoms with Crippen molar-refractivity contribution in [2.75, 3.05) is 11.1 Å². The van der Waals surface area contributed by atoms with E-state index >= 15 is 0 Å². The normalized spacial score (nSPS) is 24.4. The molecule has 1 heterocycles. The topological polar surface area (TPSA) is 41.1 Å². The Morgan fingerprint density at radius 3 is 2.71 bits per heavy atom. The van der Waals surface area contributed by atoms with Crippen LogP contribution in [0.15, 0.2) is 24.3 Å². The summed E-state index contributed by atoms with van der Waals surface area (Å²) in [6.45, 7) is 3.74. The van der Waals surface area contributed by atoms with Crippen molar-refractivity contribution in [1.82, 2.24) is 5.32 Å². The van der Waals surface area contributed by atoms with Gasteiger partial charge in [-0.05, 0) is 36.8 Å². The van der Waals surface area contributed by atoms with Crippen LogP contribution in [0.3, 0.4) is 0 Å². The highest BCUT2D eigenvalue weighted by atomic mass is 32.2. The zero-order valence-corrected chi connectivity index (χ0v) is 11.0. The molecule has 1 aromatic rings. The Kier molecular flexibility index (Phi) is 4.07. The summed E-state index contributed by atoms with van der Waals surface area (Å²) in [6.07, 6.45) is 1.23. The predicted molar refractivity (Wildman–Crippen MR) is 73.2 cm³/mol. The average Bonchev–Trinajstić information content (AvgIpc) is 2.29. The monoisotopic (exact) mass is 250 g/mol. The average molecular weight is 250 g/mol. The number of nitrogens with one attached hydrogen (secondary N) is 2. The zero-order valence-electron chi connectivity index (χ0n) is 10.2. The quantitative estimate of drug-likeness (QED) is 0.848. The van der Waals surface area contributed by atoms with Gasteiger partial charge in [-0.3, -0.25) is 10.1 Å². The summed E-state index contributed by atoms with van der Waals surface area (Å²) in [6, 6.07) is 8.65. The van der Waals surface area contributed by atoms with E-state index in [1.54, 1.807) is 0 Å². The highest BCUT2D eigenvalue weighted by Gasteiger charge is 2.19. The number of hydrogen-bond donors (Lipinski definition) is 2. The van der Waals surface area contributed by atoms with Crippen LogP contribution in [0.4, 0.5) is 5.69 Å². The summed E-state index contributed by atoms with van der Waals surface area (Å²) in [5.74, 6) is 1.17. The van der Waals surface area contributed by atoms with E-state index in [9.17, 15) is 4.79 Å². The van der Waals surface area contributed by atoms with Crippen molar-refractivity contribution in [3.05, 3.63) is 29.8 Å². The lowest BCUT2D eigenvalue weighted by Crippen LogP contribution is -2.33. The zero-order chi connectivity index (χ0) is 12.3. The molecule has 1 aliphatic heterocycles. The van der Waals surface area contributed by atoms with E-state index in [4.69, 9.17) is 0 Å². The lowest BCUT2D eigenvalue weighted by molar-refractivity contribution is -0.114. The fraction of sp³-hybridized carbons (Fsp3) is 0.462. The Balaban J connectivity index is 2.04. The van der Waals surface area contributed by atoms with Crippen molar-refractivity contribution < 1.29 is 4.79 Å². The van der Waals surface area contributed by atoms with Gasteiger partial charge in [0.25, 0.3) is 0 Å². The first kappa shape index (κ1) is 12.5. The van der Waals surface area contributed by atoms with Crippen LogP contribution in [0.2, 0.25) is 0 Å². The summed E-state index contributed by atoms with van der Waals surface area (Å²) in [4.78, 5) is 10.9. The number of anilines is 1. The molecule has 2 rings (SSSR count). The lowest BCUT2D eigenvalue weighted by atomic mass is 10.1. The maximum atomic E-state index is 10.9. The number of hydrogen-bond acceptors (Lipinski definition) is 3. The van der Waals surface area contributed by atoms with Crippen molar-refractivity contribution >= 4 is 23.4 Å². The predicted octanol–water partition coefficient (Wildman–Crippen LogP) is 2.76. The molecule has 0 spiro atoms. The van der Waals surface area contributed by atoms with Gasteiger partial charge in [-0.25, -0.2) is 0 Å². The molecule has 1 aromatic carbocycles. The van der Waals surface area contributed by atoms with Crippen LogP contribution < -0.4 is 10.6 Å². The van der Waals surface area contributed by atoms with Gasteiger partial charge in [-0.2, -0.15) is 0 Å². The van der Waals surface area contributed by atoms with Gasteiger partial charge in [0.05, 0.1) is 5.37 Å². The molecule has 1 aliphatic rings. The second kappa shape index (κ2) is 5.56. The van der Waals surface area contributed by atoms with Crippen molar-refractivity contribution in [2.24, 2.45) is 0 Å². The number of amides is 1. The van der Waals surface area contributed by atoms with Crippen LogP contribution in [0, 0.1) is 0 Å². The van der Waals surface area contributed by atoms with Crippen LogP contribution in [-0.4, -0.2) is 17.7 Å². The van der Waals surface area contributed by atoms with Gasteiger partial charge in [0.2, 0.25) is 5.91 Å². The van der Waals surface area contributed by atoms with Gasteiger partial charge in [0, 0.05) is 18.7 Å². The molecule has 2 unspecified atom stereocenters. The minimum absolute atomic E-state index is 0.0310. The number of rotatable bonds is 2. The molecule has 1 fully saturated rings. The molecule has 2 atom stereocenters. The van der Waals surface area contributed by atoms with Crippen LogP contribution >= 0.6 is 11.8 Å². The van der Waals surface area contributed by atoms with Crippen LogP contribution in [0.1, 0.15) is 31.2 Å². The van der Waals surface area contributed by atoms with E-state index in [1.165, 1.54) is 24.7 Å². The summed E-state index contributed by atoms with van der Waals surface area (Å²) in [5.41, 5.74) is 2.13. The molecule has 1 amide bonds. The first-order chi connectivity index (χ1) is 8.15. The fourth-order valence-corrected chi connectivity index (χ4v) is 3.29. The summed E-state index contributed by atoms with van der Waals surface area (Å²) in [5, 5.41) is 6.73. The van der Waals surface area contributed by atoms with E-state index in [2.05, 4.69) is 29.7 Å². The van der Waals surface area contributed by atoms with E-state index in [1.807, 2.05) is 23.9 Å². The van der Waals surface area contributed by atoms with Gasteiger partial charge >= 0.3 is 0 Å². The second-order valence-corrected chi connectivity index (χ2v) is 5.62. The number of carbonyl (C=O) groups is 1. The third-order valence-corrected chi connectivity index (χ3v) is 4.02. The Hall–Kier alpha value is -1.00. The summed E-state index contributed by atoms with van der Waals surface area (Å²) >= 11 is 1.94. The Bertz CT molecular complexity index is 391. The molecule has 17 heavy (non-hydrogen) atoms. The maximum Gasteiger partial charge on any atom is 0.221 e. The molecular weight excluding hydrogens is 232 g/mol. The van der Waals surface area contributed by atoms with E-state index in [0.717, 1.165) is 5.69 Å². The highest BCUT2D eigenvalue weighted by Crippen LogP contribution is 2.31. The number of benzene rings is 1. The van der Waals surface area contributed by atoms with E-state index in [-0.39, 0.29) is 5.91 Å². The van der Waals surface area contributed by atoms with Crippen molar-refractivity contribution in [2.45, 2.75) is 31.7 Å². The van der Waals surface area contributed by atoms with Gasteiger partial charge in [-0.1, -0.05) is 12.1 Å². The first-order valence-electron chi connectivity index (χ1n) is 5.90. The molecular formula is C13H18N2OS. The highest BCUT2D eigenvalue weighted by molar-refractivity contribution is 7.99. The first-order valence-corrected chi connectivity index (χ1v) is 6.95. The van der Waals surface area contributed by atoms with E-state index in [0.29, 0.717) is 11.4 Å². The molecule has 0 saturated carbocycles. The van der Waals surface area contributed by atoms with E-state index < -0.39 is 0 Å².